The minimum atomic E-state index is 0.325. The van der Waals surface area contributed by atoms with Gasteiger partial charge in [-0.2, -0.15) is 0 Å². The van der Waals surface area contributed by atoms with E-state index in [1.807, 2.05) is 18.3 Å². The molecule has 2 saturated heterocycles. The third kappa shape index (κ3) is 4.16. The predicted octanol–water partition coefficient (Wildman–Crippen LogP) is 3.05. The monoisotopic (exact) mass is 396 g/mol. The van der Waals surface area contributed by atoms with Crippen LogP contribution >= 0.6 is 0 Å². The molecule has 2 aromatic heterocycles. The SMILES string of the molecule is C(C#Cc1cnc([C@@H]2CCCN2)[nH]1)#Cc1ccc(-c2cnc([C@@H]3CCCN3)[nH]2)cc1. The molecule has 6 nitrogen and oxygen atoms in total. The van der Waals surface area contributed by atoms with E-state index in [-0.39, 0.29) is 0 Å². The van der Waals surface area contributed by atoms with Gasteiger partial charge >= 0.3 is 0 Å². The van der Waals surface area contributed by atoms with Crippen LogP contribution in [0.3, 0.4) is 0 Å². The molecule has 6 heteroatoms. The molecule has 0 radical (unpaired) electrons. The largest absolute Gasteiger partial charge is 0.341 e. The number of imidazole rings is 2. The Kier molecular flexibility index (Phi) is 5.35. The van der Waals surface area contributed by atoms with E-state index >= 15 is 0 Å². The maximum atomic E-state index is 4.54. The molecule has 4 heterocycles. The number of nitrogens with zero attached hydrogens (tertiary/aromatic N) is 2. The highest BCUT2D eigenvalue weighted by Gasteiger charge is 2.19. The van der Waals surface area contributed by atoms with Gasteiger partial charge in [-0.3, -0.25) is 0 Å². The summed E-state index contributed by atoms with van der Waals surface area (Å²) in [5.41, 5.74) is 3.87. The summed E-state index contributed by atoms with van der Waals surface area (Å²) in [6, 6.07) is 8.82. The maximum Gasteiger partial charge on any atom is 0.124 e. The Bertz CT molecular complexity index is 1120. The van der Waals surface area contributed by atoms with Gasteiger partial charge in [-0.25, -0.2) is 9.97 Å². The molecular weight excluding hydrogens is 372 g/mol. The number of H-pyrrole nitrogens is 2. The summed E-state index contributed by atoms with van der Waals surface area (Å²) in [4.78, 5) is 15.7. The van der Waals surface area contributed by atoms with Crippen molar-refractivity contribution in [3.8, 4) is 34.9 Å². The quantitative estimate of drug-likeness (QED) is 0.513. The van der Waals surface area contributed by atoms with E-state index < -0.39 is 0 Å². The van der Waals surface area contributed by atoms with Crippen LogP contribution in [0.4, 0.5) is 0 Å². The molecule has 150 valence electrons. The zero-order valence-corrected chi connectivity index (χ0v) is 16.8. The van der Waals surface area contributed by atoms with Gasteiger partial charge in [0, 0.05) is 5.56 Å². The van der Waals surface area contributed by atoms with Crippen LogP contribution < -0.4 is 10.6 Å². The Labute approximate surface area is 176 Å². The first-order valence-electron chi connectivity index (χ1n) is 10.5. The highest BCUT2D eigenvalue weighted by molar-refractivity contribution is 5.60. The van der Waals surface area contributed by atoms with Gasteiger partial charge in [0.05, 0.1) is 30.2 Å². The standard InChI is InChI=1S/C24H24N6/c1(2-6-19-15-27-23(29-19)20-7-3-13-25-20)5-17-9-11-18(12-10-17)22-16-28-24(30-22)21-8-4-14-26-21/h9-12,15-16,20-21,25-26H,3-4,7-8,13-14H2,(H,27,29)(H,28,30)/t20-,21-/m0/s1. The number of hydrogen-bond donors (Lipinski definition) is 4. The molecule has 2 atom stereocenters. The lowest BCUT2D eigenvalue weighted by Crippen LogP contribution is -2.14. The molecule has 5 rings (SSSR count). The Morgan fingerprint density at radius 1 is 0.767 bits per heavy atom. The van der Waals surface area contributed by atoms with E-state index in [2.05, 4.69) is 66.4 Å². The number of rotatable bonds is 3. The number of benzene rings is 1. The van der Waals surface area contributed by atoms with Gasteiger partial charge in [0.25, 0.3) is 0 Å². The summed E-state index contributed by atoms with van der Waals surface area (Å²) in [5.74, 6) is 14.0. The molecule has 0 amide bonds. The summed E-state index contributed by atoms with van der Waals surface area (Å²) in [7, 11) is 0. The average molecular weight is 396 g/mol. The Hall–Kier alpha value is -3.32. The molecule has 4 N–H and O–H groups in total. The molecule has 0 bridgehead atoms. The average Bonchev–Trinajstić information content (AvgIpc) is 3.58. The Morgan fingerprint density at radius 3 is 2.13 bits per heavy atom. The van der Waals surface area contributed by atoms with Crippen molar-refractivity contribution in [2.45, 2.75) is 37.8 Å². The first-order valence-corrected chi connectivity index (χ1v) is 10.5. The predicted molar refractivity (Wildman–Crippen MR) is 116 cm³/mol. The van der Waals surface area contributed by atoms with Gasteiger partial charge in [-0.05, 0) is 74.2 Å². The molecule has 30 heavy (non-hydrogen) atoms. The first kappa shape index (κ1) is 18.7. The lowest BCUT2D eigenvalue weighted by atomic mass is 10.1. The van der Waals surface area contributed by atoms with Crippen LogP contribution in [0.25, 0.3) is 11.3 Å². The van der Waals surface area contributed by atoms with E-state index in [0.29, 0.717) is 12.1 Å². The van der Waals surface area contributed by atoms with E-state index in [0.717, 1.165) is 60.1 Å². The van der Waals surface area contributed by atoms with Gasteiger partial charge in [0.2, 0.25) is 0 Å². The van der Waals surface area contributed by atoms with Gasteiger partial charge in [-0.1, -0.05) is 18.1 Å². The van der Waals surface area contributed by atoms with Gasteiger partial charge in [-0.15, -0.1) is 0 Å². The number of aromatic amines is 2. The van der Waals surface area contributed by atoms with Crippen LogP contribution in [0.2, 0.25) is 0 Å². The first-order chi connectivity index (χ1) is 14.8. The van der Waals surface area contributed by atoms with E-state index in [4.69, 9.17) is 0 Å². The fraction of sp³-hybridized carbons (Fsp3) is 0.333. The Balaban J connectivity index is 1.22. The molecule has 0 saturated carbocycles. The van der Waals surface area contributed by atoms with Crippen molar-refractivity contribution < 1.29 is 0 Å². The van der Waals surface area contributed by atoms with Crippen molar-refractivity contribution >= 4 is 0 Å². The van der Waals surface area contributed by atoms with Gasteiger partial charge < -0.3 is 20.6 Å². The van der Waals surface area contributed by atoms with Crippen LogP contribution in [0.5, 0.6) is 0 Å². The fourth-order valence-corrected chi connectivity index (χ4v) is 4.01. The summed E-state index contributed by atoms with van der Waals surface area (Å²) >= 11 is 0. The van der Waals surface area contributed by atoms with Crippen LogP contribution in [-0.2, 0) is 0 Å². The smallest absolute Gasteiger partial charge is 0.124 e. The third-order valence-corrected chi connectivity index (χ3v) is 5.63. The molecule has 0 unspecified atom stereocenters. The number of nitrogens with one attached hydrogen (secondary N) is 4. The number of aromatic nitrogens is 4. The molecule has 1 aromatic carbocycles. The minimum absolute atomic E-state index is 0.325. The summed E-state index contributed by atoms with van der Waals surface area (Å²) < 4.78 is 0. The highest BCUT2D eigenvalue weighted by Crippen LogP contribution is 2.24. The highest BCUT2D eigenvalue weighted by atomic mass is 15.0. The zero-order valence-electron chi connectivity index (χ0n) is 16.8. The fourth-order valence-electron chi connectivity index (χ4n) is 4.01. The molecule has 3 aromatic rings. The van der Waals surface area contributed by atoms with Crippen LogP contribution in [0, 0.1) is 23.7 Å². The van der Waals surface area contributed by atoms with Crippen LogP contribution in [0.15, 0.2) is 36.7 Å². The summed E-state index contributed by atoms with van der Waals surface area (Å²) in [6.45, 7) is 2.12. The van der Waals surface area contributed by atoms with Crippen molar-refractivity contribution in [3.63, 3.8) is 0 Å². The van der Waals surface area contributed by atoms with E-state index in [1.54, 1.807) is 6.20 Å². The van der Waals surface area contributed by atoms with Crippen molar-refractivity contribution in [3.05, 3.63) is 59.6 Å². The second-order valence-corrected chi connectivity index (χ2v) is 7.74. The molecule has 0 aliphatic carbocycles. The van der Waals surface area contributed by atoms with Crippen molar-refractivity contribution in [1.29, 1.82) is 0 Å². The van der Waals surface area contributed by atoms with Crippen molar-refractivity contribution in [2.75, 3.05) is 13.1 Å². The Morgan fingerprint density at radius 2 is 1.43 bits per heavy atom. The van der Waals surface area contributed by atoms with Gasteiger partial charge in [0.1, 0.15) is 17.3 Å². The van der Waals surface area contributed by atoms with E-state index in [1.165, 1.54) is 12.8 Å². The molecule has 2 fully saturated rings. The molecular formula is C24H24N6. The van der Waals surface area contributed by atoms with Crippen molar-refractivity contribution in [2.24, 2.45) is 0 Å². The number of hydrogen-bond acceptors (Lipinski definition) is 4. The molecule has 2 aliphatic rings. The summed E-state index contributed by atoms with van der Waals surface area (Å²) in [5, 5.41) is 6.90. The normalized spacial score (nSPS) is 20.4. The lowest BCUT2D eigenvalue weighted by molar-refractivity contribution is 0.612. The maximum absolute atomic E-state index is 4.54. The second kappa shape index (κ2) is 8.59. The van der Waals surface area contributed by atoms with Crippen molar-refractivity contribution in [1.82, 2.24) is 30.6 Å². The minimum Gasteiger partial charge on any atom is -0.341 e. The third-order valence-electron chi connectivity index (χ3n) is 5.63. The second-order valence-electron chi connectivity index (χ2n) is 7.74. The lowest BCUT2D eigenvalue weighted by Gasteiger charge is -2.05. The van der Waals surface area contributed by atoms with Gasteiger partial charge in [0.15, 0.2) is 0 Å². The zero-order chi connectivity index (χ0) is 20.2. The molecule has 0 spiro atoms. The topological polar surface area (TPSA) is 81.4 Å². The van der Waals surface area contributed by atoms with E-state index in [9.17, 15) is 0 Å². The van der Waals surface area contributed by atoms with Crippen LogP contribution in [-0.4, -0.2) is 33.0 Å². The van der Waals surface area contributed by atoms with Crippen LogP contribution in [0.1, 0.15) is 60.7 Å². The summed E-state index contributed by atoms with van der Waals surface area (Å²) in [6.07, 6.45) is 8.33. The molecule has 2 aliphatic heterocycles.